The summed E-state index contributed by atoms with van der Waals surface area (Å²) in [6.07, 6.45) is 23.6. The molecule has 0 atom stereocenters. The smallest absolute Gasteiger partial charge is 0.303 e. The quantitative estimate of drug-likeness (QED) is 0.135. The summed E-state index contributed by atoms with van der Waals surface area (Å²) in [4.78, 5) is 12.2. The van der Waals surface area contributed by atoms with Gasteiger partial charge in [0, 0.05) is 19.5 Å². The van der Waals surface area contributed by atoms with E-state index in [4.69, 9.17) is 16.2 Å². The largest absolute Gasteiger partial charge is 0.481 e. The van der Waals surface area contributed by atoms with Crippen molar-refractivity contribution in [3.05, 3.63) is 12.2 Å². The summed E-state index contributed by atoms with van der Waals surface area (Å²) in [7, 11) is 0. The first kappa shape index (κ1) is 26.5. The number of nitrogens with one attached hydrogen (secondary N) is 1. The highest BCUT2D eigenvalue weighted by atomic mass is 16.4. The predicted molar refractivity (Wildman–Crippen MR) is 120 cm³/mol. The molecule has 0 aliphatic carbocycles. The van der Waals surface area contributed by atoms with E-state index in [0.717, 1.165) is 25.9 Å². The van der Waals surface area contributed by atoms with E-state index in [2.05, 4.69) is 19.1 Å². The van der Waals surface area contributed by atoms with Gasteiger partial charge in [-0.2, -0.15) is 0 Å². The maximum absolute atomic E-state index is 10.3. The van der Waals surface area contributed by atoms with E-state index < -0.39 is 5.97 Å². The van der Waals surface area contributed by atoms with E-state index in [0.29, 0.717) is 6.42 Å². The minimum Gasteiger partial charge on any atom is -0.481 e. The van der Waals surface area contributed by atoms with Crippen LogP contribution in [0, 0.1) is 5.41 Å². The van der Waals surface area contributed by atoms with Crippen molar-refractivity contribution in [3.63, 3.8) is 0 Å². The molecule has 1 aliphatic heterocycles. The van der Waals surface area contributed by atoms with Crippen LogP contribution in [0.1, 0.15) is 110 Å². The molecule has 1 saturated heterocycles. The summed E-state index contributed by atoms with van der Waals surface area (Å²) in [6.45, 7) is 4.22. The number of guanidine groups is 1. The van der Waals surface area contributed by atoms with Crippen molar-refractivity contribution in [1.82, 2.24) is 4.90 Å². The summed E-state index contributed by atoms with van der Waals surface area (Å²) in [5.74, 6) is -0.440. The van der Waals surface area contributed by atoms with Gasteiger partial charge in [-0.1, -0.05) is 70.4 Å². The van der Waals surface area contributed by atoms with Gasteiger partial charge < -0.3 is 15.7 Å². The number of nitrogens with two attached hydrogens (primary N) is 1. The van der Waals surface area contributed by atoms with Crippen LogP contribution < -0.4 is 5.73 Å². The molecule has 0 spiro atoms. The van der Waals surface area contributed by atoms with Gasteiger partial charge in [-0.3, -0.25) is 10.2 Å². The third kappa shape index (κ3) is 19.2. The number of carboxylic acids is 1. The molecular weight excluding hydrogens is 350 g/mol. The van der Waals surface area contributed by atoms with Gasteiger partial charge in [0.25, 0.3) is 0 Å². The van der Waals surface area contributed by atoms with Crippen molar-refractivity contribution < 1.29 is 9.90 Å². The Balaban J connectivity index is 0.000000749. The SMILES string of the molecule is CCCCCCCC/C=C\CCCCCCCC(=O)O.N=C(N)N1CCCC1. The van der Waals surface area contributed by atoms with E-state index in [-0.39, 0.29) is 5.96 Å². The number of carboxylic acid groups (broad SMARTS) is 1. The second-order valence-electron chi connectivity index (χ2n) is 7.81. The first-order valence-electron chi connectivity index (χ1n) is 11.5. The van der Waals surface area contributed by atoms with E-state index in [1.807, 2.05) is 4.90 Å². The minimum absolute atomic E-state index is 0.225. The van der Waals surface area contributed by atoms with Crippen LogP contribution in [-0.4, -0.2) is 35.0 Å². The summed E-state index contributed by atoms with van der Waals surface area (Å²) < 4.78 is 0. The summed E-state index contributed by atoms with van der Waals surface area (Å²) >= 11 is 0. The van der Waals surface area contributed by atoms with E-state index in [9.17, 15) is 4.79 Å². The average molecular weight is 396 g/mol. The Morgan fingerprint density at radius 2 is 1.36 bits per heavy atom. The average Bonchev–Trinajstić information content (AvgIpc) is 3.20. The Labute approximate surface area is 173 Å². The second kappa shape index (κ2) is 20.2. The second-order valence-corrected chi connectivity index (χ2v) is 7.81. The first-order chi connectivity index (χ1) is 13.6. The number of rotatable bonds is 15. The van der Waals surface area contributed by atoms with Crippen molar-refractivity contribution >= 4 is 11.9 Å². The van der Waals surface area contributed by atoms with E-state index >= 15 is 0 Å². The van der Waals surface area contributed by atoms with E-state index in [1.165, 1.54) is 83.5 Å². The number of carbonyl (C=O) groups is 1. The number of unbranched alkanes of at least 4 members (excludes halogenated alkanes) is 11. The first-order valence-corrected chi connectivity index (χ1v) is 11.5. The van der Waals surface area contributed by atoms with Crippen LogP contribution in [0.3, 0.4) is 0 Å². The molecular formula is C23H45N3O2. The van der Waals surface area contributed by atoms with Crippen molar-refractivity contribution in [2.75, 3.05) is 13.1 Å². The summed E-state index contributed by atoms with van der Waals surface area (Å²) in [6, 6.07) is 0. The lowest BCUT2D eigenvalue weighted by Crippen LogP contribution is -2.33. The fraction of sp³-hybridized carbons (Fsp3) is 0.826. The van der Waals surface area contributed by atoms with Gasteiger partial charge >= 0.3 is 5.97 Å². The zero-order valence-corrected chi connectivity index (χ0v) is 18.3. The highest BCUT2D eigenvalue weighted by Gasteiger charge is 2.10. The third-order valence-corrected chi connectivity index (χ3v) is 5.10. The molecule has 0 radical (unpaired) electrons. The molecule has 0 saturated carbocycles. The standard InChI is InChI=1S/C18H34O2.C5H11N3/c1-2-3-4-5-6-7-8-9-10-11-12-13-14-15-16-17-18(19)20;6-5(7)8-3-1-2-4-8/h9-10H,2-8,11-17H2,1H3,(H,19,20);1-4H2,(H3,6,7)/b10-9-;. The highest BCUT2D eigenvalue weighted by Crippen LogP contribution is 2.10. The van der Waals surface area contributed by atoms with Crippen LogP contribution in [0.4, 0.5) is 0 Å². The van der Waals surface area contributed by atoms with Crippen LogP contribution in [0.5, 0.6) is 0 Å². The number of allylic oxidation sites excluding steroid dienone is 2. The molecule has 4 N–H and O–H groups in total. The Bertz CT molecular complexity index is 405. The van der Waals surface area contributed by atoms with Gasteiger partial charge in [-0.05, 0) is 44.9 Å². The van der Waals surface area contributed by atoms with Gasteiger partial charge in [0.05, 0.1) is 0 Å². The molecule has 0 aromatic carbocycles. The fourth-order valence-corrected chi connectivity index (χ4v) is 3.30. The van der Waals surface area contributed by atoms with Gasteiger partial charge in [-0.15, -0.1) is 0 Å². The van der Waals surface area contributed by atoms with Crippen LogP contribution >= 0.6 is 0 Å². The number of hydrogen-bond donors (Lipinski definition) is 3. The normalized spacial score (nSPS) is 13.5. The Hall–Kier alpha value is -1.52. The molecule has 0 bridgehead atoms. The van der Waals surface area contributed by atoms with Crippen molar-refractivity contribution in [2.45, 2.75) is 110 Å². The summed E-state index contributed by atoms with van der Waals surface area (Å²) in [5.41, 5.74) is 5.21. The van der Waals surface area contributed by atoms with Gasteiger partial charge in [0.2, 0.25) is 0 Å². The van der Waals surface area contributed by atoms with Crippen LogP contribution in [0.2, 0.25) is 0 Å². The molecule has 1 aliphatic rings. The maximum Gasteiger partial charge on any atom is 0.303 e. The van der Waals surface area contributed by atoms with E-state index in [1.54, 1.807) is 0 Å². The van der Waals surface area contributed by atoms with Gasteiger partial charge in [0.15, 0.2) is 5.96 Å². The zero-order valence-electron chi connectivity index (χ0n) is 18.3. The molecule has 1 fully saturated rings. The van der Waals surface area contributed by atoms with Crippen molar-refractivity contribution in [3.8, 4) is 0 Å². The zero-order chi connectivity index (χ0) is 20.9. The van der Waals surface area contributed by atoms with Crippen LogP contribution in [-0.2, 0) is 4.79 Å². The molecule has 0 aromatic rings. The molecule has 1 rings (SSSR count). The lowest BCUT2D eigenvalue weighted by molar-refractivity contribution is -0.137. The molecule has 0 aromatic heterocycles. The van der Waals surface area contributed by atoms with Crippen LogP contribution in [0.15, 0.2) is 12.2 Å². The molecule has 164 valence electrons. The number of aliphatic carboxylic acids is 1. The molecule has 5 nitrogen and oxygen atoms in total. The Kier molecular flexibility index (Phi) is 19.1. The Morgan fingerprint density at radius 1 is 0.893 bits per heavy atom. The summed E-state index contributed by atoms with van der Waals surface area (Å²) in [5, 5.41) is 15.5. The third-order valence-electron chi connectivity index (χ3n) is 5.10. The maximum atomic E-state index is 10.3. The molecule has 0 amide bonds. The lowest BCUT2D eigenvalue weighted by atomic mass is 10.1. The molecule has 1 heterocycles. The molecule has 28 heavy (non-hydrogen) atoms. The number of hydrogen-bond acceptors (Lipinski definition) is 2. The highest BCUT2D eigenvalue weighted by molar-refractivity contribution is 5.74. The lowest BCUT2D eigenvalue weighted by Gasteiger charge is -2.12. The van der Waals surface area contributed by atoms with Crippen molar-refractivity contribution in [1.29, 1.82) is 5.41 Å². The number of nitrogens with zero attached hydrogens (tertiary/aromatic N) is 1. The van der Waals surface area contributed by atoms with Gasteiger partial charge in [0.1, 0.15) is 0 Å². The monoisotopic (exact) mass is 395 g/mol. The van der Waals surface area contributed by atoms with Crippen LogP contribution in [0.25, 0.3) is 0 Å². The minimum atomic E-state index is -0.664. The molecule has 0 unspecified atom stereocenters. The van der Waals surface area contributed by atoms with Crippen molar-refractivity contribution in [2.24, 2.45) is 5.73 Å². The fourth-order valence-electron chi connectivity index (χ4n) is 3.30. The Morgan fingerprint density at radius 3 is 1.79 bits per heavy atom. The number of likely N-dealkylation sites (tertiary alicyclic amines) is 1. The molecule has 5 heteroatoms. The van der Waals surface area contributed by atoms with Gasteiger partial charge in [-0.25, -0.2) is 0 Å². The predicted octanol–water partition coefficient (Wildman–Crippen LogP) is 6.08. The topological polar surface area (TPSA) is 90.4 Å².